The summed E-state index contributed by atoms with van der Waals surface area (Å²) >= 11 is 0. The third-order valence-corrected chi connectivity index (χ3v) is 5.54. The van der Waals surface area contributed by atoms with Gasteiger partial charge in [0.1, 0.15) is 0 Å². The lowest BCUT2D eigenvalue weighted by Gasteiger charge is -2.32. The van der Waals surface area contributed by atoms with E-state index in [0.717, 1.165) is 17.7 Å². The molecular formula is C15H19NOS. The number of nitrogens with two attached hydrogens (primary N) is 1. The SMILES string of the molecule is CCC(C[SH]1C=CC=C1)(C(N)=O)c1ccccc1. The summed E-state index contributed by atoms with van der Waals surface area (Å²) in [4.78, 5) is 12.0. The first-order valence-corrected chi connectivity index (χ1v) is 7.82. The molecule has 1 aromatic carbocycles. The van der Waals surface area contributed by atoms with Gasteiger partial charge in [0.15, 0.2) is 0 Å². The summed E-state index contributed by atoms with van der Waals surface area (Å²) in [5.74, 6) is 0.595. The molecule has 0 saturated heterocycles. The first-order valence-electron chi connectivity index (χ1n) is 6.15. The minimum atomic E-state index is -0.536. The normalized spacial score (nSPS) is 18.8. The minimum Gasteiger partial charge on any atom is -0.369 e. The van der Waals surface area contributed by atoms with Gasteiger partial charge in [-0.1, -0.05) is 49.4 Å². The van der Waals surface area contributed by atoms with Crippen molar-refractivity contribution in [2.24, 2.45) is 5.73 Å². The van der Waals surface area contributed by atoms with E-state index in [2.05, 4.69) is 23.0 Å². The van der Waals surface area contributed by atoms with Crippen LogP contribution in [0, 0.1) is 0 Å². The first-order chi connectivity index (χ1) is 8.69. The standard InChI is InChI=1S/C15H19NOS/c1-2-15(14(16)17,12-18-10-6-7-11-18)13-8-4-3-5-9-13/h3-11,18H,2,12H2,1H3,(H2,16,17). The zero-order chi connectivity index (χ0) is 13.0. The second-order valence-electron chi connectivity index (χ2n) is 4.52. The molecule has 1 amide bonds. The maximum atomic E-state index is 12.0. The maximum Gasteiger partial charge on any atom is 0.228 e. The van der Waals surface area contributed by atoms with E-state index in [1.165, 1.54) is 0 Å². The third kappa shape index (κ3) is 2.36. The predicted octanol–water partition coefficient (Wildman–Crippen LogP) is 2.86. The summed E-state index contributed by atoms with van der Waals surface area (Å²) in [6.07, 6.45) is 4.85. The zero-order valence-electron chi connectivity index (χ0n) is 10.5. The van der Waals surface area contributed by atoms with Gasteiger partial charge in [-0.25, -0.2) is 10.9 Å². The lowest BCUT2D eigenvalue weighted by Crippen LogP contribution is -2.43. The van der Waals surface area contributed by atoms with Gasteiger partial charge in [-0.15, -0.1) is 0 Å². The van der Waals surface area contributed by atoms with Crippen LogP contribution in [0.3, 0.4) is 0 Å². The van der Waals surface area contributed by atoms with Gasteiger partial charge in [-0.3, -0.25) is 4.79 Å². The zero-order valence-corrected chi connectivity index (χ0v) is 11.4. The second kappa shape index (κ2) is 5.44. The smallest absolute Gasteiger partial charge is 0.228 e. The van der Waals surface area contributed by atoms with Crippen molar-refractivity contribution in [3.63, 3.8) is 0 Å². The van der Waals surface area contributed by atoms with Crippen LogP contribution in [0.2, 0.25) is 0 Å². The van der Waals surface area contributed by atoms with E-state index in [-0.39, 0.29) is 16.8 Å². The molecule has 3 heteroatoms. The van der Waals surface area contributed by atoms with Crippen molar-refractivity contribution in [2.75, 3.05) is 5.75 Å². The molecular weight excluding hydrogens is 242 g/mol. The van der Waals surface area contributed by atoms with Crippen LogP contribution >= 0.6 is 10.9 Å². The molecule has 1 aliphatic heterocycles. The molecule has 0 spiro atoms. The van der Waals surface area contributed by atoms with Crippen LogP contribution in [0.1, 0.15) is 18.9 Å². The number of rotatable bonds is 5. The van der Waals surface area contributed by atoms with Crippen LogP contribution in [-0.4, -0.2) is 11.7 Å². The lowest BCUT2D eigenvalue weighted by molar-refractivity contribution is -0.122. The van der Waals surface area contributed by atoms with Crippen molar-refractivity contribution >= 4 is 16.8 Å². The maximum absolute atomic E-state index is 12.0. The van der Waals surface area contributed by atoms with E-state index in [0.29, 0.717) is 0 Å². The number of hydrogen-bond donors (Lipinski definition) is 2. The van der Waals surface area contributed by atoms with Crippen molar-refractivity contribution in [2.45, 2.75) is 18.8 Å². The Kier molecular flexibility index (Phi) is 3.92. The summed E-state index contributed by atoms with van der Waals surface area (Å²) in [6, 6.07) is 9.92. The molecule has 2 nitrogen and oxygen atoms in total. The van der Waals surface area contributed by atoms with Crippen molar-refractivity contribution in [1.29, 1.82) is 0 Å². The van der Waals surface area contributed by atoms with E-state index >= 15 is 0 Å². The third-order valence-electron chi connectivity index (χ3n) is 3.52. The fourth-order valence-electron chi connectivity index (χ4n) is 2.35. The monoisotopic (exact) mass is 261 g/mol. The highest BCUT2D eigenvalue weighted by atomic mass is 32.2. The molecule has 1 atom stereocenters. The van der Waals surface area contributed by atoms with Crippen LogP contribution < -0.4 is 5.73 Å². The second-order valence-corrected chi connectivity index (χ2v) is 6.46. The minimum absolute atomic E-state index is 0.215. The van der Waals surface area contributed by atoms with Gasteiger partial charge >= 0.3 is 0 Å². The van der Waals surface area contributed by atoms with Crippen LogP contribution in [0.5, 0.6) is 0 Å². The van der Waals surface area contributed by atoms with Crippen LogP contribution in [-0.2, 0) is 10.2 Å². The summed E-state index contributed by atoms with van der Waals surface area (Å²) in [5.41, 5.74) is 6.22. The van der Waals surface area contributed by atoms with Gasteiger partial charge in [0.05, 0.1) is 5.41 Å². The highest BCUT2D eigenvalue weighted by molar-refractivity contribution is 8.22. The summed E-state index contributed by atoms with van der Waals surface area (Å²) in [7, 11) is -0.357. The van der Waals surface area contributed by atoms with Gasteiger partial charge in [0.2, 0.25) is 5.91 Å². The fraction of sp³-hybridized carbons (Fsp3) is 0.267. The number of carbonyl (C=O) groups is 1. The Morgan fingerprint density at radius 1 is 1.22 bits per heavy atom. The molecule has 0 fully saturated rings. The molecule has 1 aliphatic rings. The summed E-state index contributed by atoms with van der Waals surface area (Å²) in [5, 5.41) is 4.37. The Morgan fingerprint density at radius 3 is 2.33 bits per heavy atom. The van der Waals surface area contributed by atoms with Crippen molar-refractivity contribution in [3.8, 4) is 0 Å². The molecule has 0 aliphatic carbocycles. The molecule has 2 N–H and O–H groups in total. The Hall–Kier alpha value is -1.48. The molecule has 1 aromatic rings. The Bertz CT molecular complexity index is 469. The van der Waals surface area contributed by atoms with Crippen molar-refractivity contribution in [3.05, 3.63) is 58.9 Å². The molecule has 2 rings (SSSR count). The van der Waals surface area contributed by atoms with E-state index < -0.39 is 5.41 Å². The highest BCUT2D eigenvalue weighted by Crippen LogP contribution is 2.42. The molecule has 0 saturated carbocycles. The highest BCUT2D eigenvalue weighted by Gasteiger charge is 2.37. The van der Waals surface area contributed by atoms with E-state index in [1.54, 1.807) is 0 Å². The average Bonchev–Trinajstić information content (AvgIpc) is 2.89. The first kappa shape index (κ1) is 13.0. The Labute approximate surface area is 111 Å². The molecule has 0 aromatic heterocycles. The van der Waals surface area contributed by atoms with E-state index in [4.69, 9.17) is 5.73 Å². The Balaban J connectivity index is 2.36. The predicted molar refractivity (Wildman–Crippen MR) is 79.7 cm³/mol. The number of hydrogen-bond acceptors (Lipinski definition) is 1. The van der Waals surface area contributed by atoms with E-state index in [9.17, 15) is 4.79 Å². The van der Waals surface area contributed by atoms with Gasteiger partial charge < -0.3 is 5.73 Å². The Morgan fingerprint density at radius 2 is 1.83 bits per heavy atom. The average molecular weight is 261 g/mol. The van der Waals surface area contributed by atoms with E-state index in [1.807, 2.05) is 37.3 Å². The van der Waals surface area contributed by atoms with Crippen molar-refractivity contribution < 1.29 is 4.79 Å². The van der Waals surface area contributed by atoms with Gasteiger partial charge in [-0.2, -0.15) is 0 Å². The fourth-order valence-corrected chi connectivity index (χ4v) is 4.48. The van der Waals surface area contributed by atoms with Gasteiger partial charge in [-0.05, 0) is 22.8 Å². The lowest BCUT2D eigenvalue weighted by atomic mass is 9.79. The number of thiol groups is 1. The number of benzene rings is 1. The van der Waals surface area contributed by atoms with Gasteiger partial charge in [0.25, 0.3) is 0 Å². The molecule has 18 heavy (non-hydrogen) atoms. The molecule has 1 unspecified atom stereocenters. The molecule has 96 valence electrons. The van der Waals surface area contributed by atoms with Crippen molar-refractivity contribution in [1.82, 2.24) is 0 Å². The van der Waals surface area contributed by atoms with Crippen LogP contribution in [0.25, 0.3) is 0 Å². The number of allylic oxidation sites excluding steroid dienone is 2. The topological polar surface area (TPSA) is 43.1 Å². The quantitative estimate of drug-likeness (QED) is 0.786. The largest absolute Gasteiger partial charge is 0.369 e. The molecule has 0 radical (unpaired) electrons. The molecule has 1 heterocycles. The van der Waals surface area contributed by atoms with Crippen LogP contribution in [0.15, 0.2) is 53.3 Å². The number of amides is 1. The number of carbonyl (C=O) groups excluding carboxylic acids is 1. The number of primary amides is 1. The molecule has 0 bridgehead atoms. The van der Waals surface area contributed by atoms with Crippen LogP contribution in [0.4, 0.5) is 0 Å². The van der Waals surface area contributed by atoms with Gasteiger partial charge in [0, 0.05) is 5.75 Å². The summed E-state index contributed by atoms with van der Waals surface area (Å²) in [6.45, 7) is 2.04. The summed E-state index contributed by atoms with van der Waals surface area (Å²) < 4.78 is 0.